The molecule has 1 N–H and O–H groups in total. The summed E-state index contributed by atoms with van der Waals surface area (Å²) in [7, 11) is 1.71. The number of nitrogens with zero attached hydrogens (tertiary/aromatic N) is 4. The van der Waals surface area contributed by atoms with Crippen LogP contribution < -0.4 is 5.32 Å². The van der Waals surface area contributed by atoms with Gasteiger partial charge in [-0.05, 0) is 19.9 Å². The summed E-state index contributed by atoms with van der Waals surface area (Å²) < 4.78 is 1.59. The van der Waals surface area contributed by atoms with Gasteiger partial charge < -0.3 is 5.32 Å². The average Bonchev–Trinajstić information content (AvgIpc) is 2.67. The van der Waals surface area contributed by atoms with Crippen molar-refractivity contribution in [2.75, 3.05) is 12.4 Å². The number of nitro benzene ring substituents is 1. The second kappa shape index (κ2) is 4.44. The first-order valence-electron chi connectivity index (χ1n) is 5.39. The van der Waals surface area contributed by atoms with E-state index in [0.717, 1.165) is 0 Å². The summed E-state index contributed by atoms with van der Waals surface area (Å²) >= 11 is 0. The number of nitrogens with one attached hydrogen (secondary N) is 1. The third-order valence-electron chi connectivity index (χ3n) is 2.52. The molecule has 0 aliphatic heterocycles. The van der Waals surface area contributed by atoms with Crippen LogP contribution in [0.3, 0.4) is 0 Å². The van der Waals surface area contributed by atoms with E-state index in [1.54, 1.807) is 31.6 Å². The lowest BCUT2D eigenvalue weighted by molar-refractivity contribution is -0.384. The maximum Gasteiger partial charge on any atom is 0.273 e. The lowest BCUT2D eigenvalue weighted by Gasteiger charge is -2.06. The summed E-state index contributed by atoms with van der Waals surface area (Å²) in [6, 6.07) is 4.73. The minimum absolute atomic E-state index is 0.0180. The molecular weight excluding hydrogens is 234 g/mol. The van der Waals surface area contributed by atoms with Crippen molar-refractivity contribution < 1.29 is 4.92 Å². The number of aromatic nitrogens is 3. The largest absolute Gasteiger partial charge is 0.388 e. The van der Waals surface area contributed by atoms with Gasteiger partial charge in [0.15, 0.2) is 0 Å². The average molecular weight is 247 g/mol. The fraction of sp³-hybridized carbons (Fsp3) is 0.273. The Bertz CT molecular complexity index is 605. The molecule has 0 bridgehead atoms. The first-order chi connectivity index (χ1) is 8.51. The molecule has 0 aliphatic rings. The van der Waals surface area contributed by atoms with E-state index in [-0.39, 0.29) is 5.69 Å². The molecule has 94 valence electrons. The maximum absolute atomic E-state index is 10.9. The van der Waals surface area contributed by atoms with Crippen LogP contribution in [0.5, 0.6) is 0 Å². The molecule has 7 heteroatoms. The molecule has 2 rings (SSSR count). The molecule has 18 heavy (non-hydrogen) atoms. The summed E-state index contributed by atoms with van der Waals surface area (Å²) in [5, 5.41) is 18.0. The summed E-state index contributed by atoms with van der Waals surface area (Å²) in [4.78, 5) is 14.6. The van der Waals surface area contributed by atoms with Crippen LogP contribution in [0.4, 0.5) is 11.4 Å². The summed E-state index contributed by atoms with van der Waals surface area (Å²) in [6.07, 6.45) is 0. The van der Waals surface area contributed by atoms with Crippen molar-refractivity contribution in [2.45, 2.75) is 13.8 Å². The zero-order valence-corrected chi connectivity index (χ0v) is 10.3. The minimum atomic E-state index is -0.427. The number of benzene rings is 1. The van der Waals surface area contributed by atoms with Crippen molar-refractivity contribution in [1.29, 1.82) is 0 Å². The van der Waals surface area contributed by atoms with E-state index in [1.165, 1.54) is 12.1 Å². The number of rotatable bonds is 3. The van der Waals surface area contributed by atoms with Gasteiger partial charge >= 0.3 is 0 Å². The number of aryl methyl sites for hydroxylation is 2. The topological polar surface area (TPSA) is 85.9 Å². The highest BCUT2D eigenvalue weighted by Gasteiger charge is 2.13. The molecule has 2 aromatic rings. The quantitative estimate of drug-likeness (QED) is 0.660. The standard InChI is InChI=1S/C11H13N5O2/c1-7-13-8(2)15(14-7)10-4-9(12-3)5-11(6-10)16(17)18/h4-6,12H,1-3H3. The SMILES string of the molecule is CNc1cc(-n2nc(C)nc2C)cc([N+](=O)[O-])c1. The van der Waals surface area contributed by atoms with Gasteiger partial charge in [-0.15, -0.1) is 0 Å². The lowest BCUT2D eigenvalue weighted by atomic mass is 10.2. The molecule has 0 aliphatic carbocycles. The van der Waals surface area contributed by atoms with Gasteiger partial charge in [0, 0.05) is 24.9 Å². The van der Waals surface area contributed by atoms with Crippen molar-refractivity contribution in [1.82, 2.24) is 14.8 Å². The van der Waals surface area contributed by atoms with Gasteiger partial charge in [0.25, 0.3) is 5.69 Å². The van der Waals surface area contributed by atoms with E-state index in [9.17, 15) is 10.1 Å². The van der Waals surface area contributed by atoms with Gasteiger partial charge in [-0.25, -0.2) is 9.67 Å². The molecule has 0 radical (unpaired) electrons. The number of anilines is 1. The highest BCUT2D eigenvalue weighted by atomic mass is 16.6. The normalized spacial score (nSPS) is 10.4. The first-order valence-corrected chi connectivity index (χ1v) is 5.39. The van der Waals surface area contributed by atoms with Gasteiger partial charge in [0.2, 0.25) is 0 Å². The van der Waals surface area contributed by atoms with Gasteiger partial charge in [-0.2, -0.15) is 5.10 Å². The Morgan fingerprint density at radius 1 is 1.33 bits per heavy atom. The van der Waals surface area contributed by atoms with Crippen LogP contribution in [-0.2, 0) is 0 Å². The summed E-state index contributed by atoms with van der Waals surface area (Å²) in [6.45, 7) is 3.58. The Morgan fingerprint density at radius 2 is 2.06 bits per heavy atom. The molecule has 0 unspecified atom stereocenters. The third-order valence-corrected chi connectivity index (χ3v) is 2.52. The molecule has 7 nitrogen and oxygen atoms in total. The van der Waals surface area contributed by atoms with Crippen LogP contribution in [0.15, 0.2) is 18.2 Å². The van der Waals surface area contributed by atoms with Crippen LogP contribution in [0.25, 0.3) is 5.69 Å². The van der Waals surface area contributed by atoms with Crippen molar-refractivity contribution in [3.05, 3.63) is 40.0 Å². The molecule has 0 saturated heterocycles. The van der Waals surface area contributed by atoms with Gasteiger partial charge in [-0.1, -0.05) is 0 Å². The van der Waals surface area contributed by atoms with Crippen LogP contribution in [-0.4, -0.2) is 26.7 Å². The molecule has 1 heterocycles. The highest BCUT2D eigenvalue weighted by molar-refractivity contribution is 5.58. The van der Waals surface area contributed by atoms with Crippen LogP contribution in [0, 0.1) is 24.0 Å². The van der Waals surface area contributed by atoms with Crippen molar-refractivity contribution in [3.8, 4) is 5.69 Å². The molecule has 0 amide bonds. The van der Waals surface area contributed by atoms with E-state index >= 15 is 0 Å². The Labute approximate surface area is 104 Å². The zero-order valence-electron chi connectivity index (χ0n) is 10.3. The fourth-order valence-electron chi connectivity index (χ4n) is 1.73. The van der Waals surface area contributed by atoms with Gasteiger partial charge in [-0.3, -0.25) is 10.1 Å². The molecule has 0 saturated carbocycles. The summed E-state index contributed by atoms with van der Waals surface area (Å²) in [5.74, 6) is 1.32. The predicted molar refractivity (Wildman–Crippen MR) is 67.0 cm³/mol. The second-order valence-corrected chi connectivity index (χ2v) is 3.86. The Morgan fingerprint density at radius 3 is 2.56 bits per heavy atom. The van der Waals surface area contributed by atoms with E-state index in [0.29, 0.717) is 23.0 Å². The molecular formula is C11H13N5O2. The van der Waals surface area contributed by atoms with Crippen LogP contribution >= 0.6 is 0 Å². The number of nitro groups is 1. The van der Waals surface area contributed by atoms with E-state index < -0.39 is 4.92 Å². The number of hydrogen-bond donors (Lipinski definition) is 1. The smallest absolute Gasteiger partial charge is 0.273 e. The fourth-order valence-corrected chi connectivity index (χ4v) is 1.73. The molecule has 0 atom stereocenters. The lowest BCUT2D eigenvalue weighted by Crippen LogP contribution is -2.02. The Kier molecular flexibility index (Phi) is 2.97. The predicted octanol–water partition coefficient (Wildman–Crippen LogP) is 1.83. The van der Waals surface area contributed by atoms with Gasteiger partial charge in [0.05, 0.1) is 10.6 Å². The van der Waals surface area contributed by atoms with Crippen LogP contribution in [0.2, 0.25) is 0 Å². The molecule has 1 aromatic heterocycles. The number of hydrogen-bond acceptors (Lipinski definition) is 5. The number of non-ortho nitro benzene ring substituents is 1. The molecule has 0 spiro atoms. The van der Waals surface area contributed by atoms with Crippen molar-refractivity contribution in [3.63, 3.8) is 0 Å². The molecule has 0 fully saturated rings. The van der Waals surface area contributed by atoms with Crippen molar-refractivity contribution >= 4 is 11.4 Å². The second-order valence-electron chi connectivity index (χ2n) is 3.86. The van der Waals surface area contributed by atoms with E-state index in [4.69, 9.17) is 0 Å². The Balaban J connectivity index is 2.60. The Hall–Kier alpha value is -2.44. The molecule has 1 aromatic carbocycles. The van der Waals surface area contributed by atoms with E-state index in [1.807, 2.05) is 0 Å². The highest BCUT2D eigenvalue weighted by Crippen LogP contribution is 2.23. The zero-order chi connectivity index (χ0) is 13.3. The van der Waals surface area contributed by atoms with Gasteiger partial charge in [0.1, 0.15) is 11.6 Å². The third kappa shape index (κ3) is 2.15. The minimum Gasteiger partial charge on any atom is -0.388 e. The van der Waals surface area contributed by atoms with Crippen LogP contribution in [0.1, 0.15) is 11.6 Å². The summed E-state index contributed by atoms with van der Waals surface area (Å²) in [5.41, 5.74) is 1.29. The first kappa shape index (κ1) is 12.0. The maximum atomic E-state index is 10.9. The monoisotopic (exact) mass is 247 g/mol. The van der Waals surface area contributed by atoms with E-state index in [2.05, 4.69) is 15.4 Å². The van der Waals surface area contributed by atoms with Crippen molar-refractivity contribution in [2.24, 2.45) is 0 Å².